The Morgan fingerprint density at radius 1 is 1.40 bits per heavy atom. The van der Waals surface area contributed by atoms with E-state index in [1.54, 1.807) is 0 Å². The Labute approximate surface area is 94.9 Å². The van der Waals surface area contributed by atoms with Crippen LogP contribution in [0.1, 0.15) is 55.1 Å². The van der Waals surface area contributed by atoms with Gasteiger partial charge in [-0.2, -0.15) is 0 Å². The van der Waals surface area contributed by atoms with Crippen LogP contribution in [0.2, 0.25) is 0 Å². The van der Waals surface area contributed by atoms with Crippen molar-refractivity contribution in [3.63, 3.8) is 0 Å². The van der Waals surface area contributed by atoms with Crippen LogP contribution in [0, 0.1) is 0 Å². The van der Waals surface area contributed by atoms with E-state index in [4.69, 9.17) is 10.7 Å². The fourth-order valence-corrected chi connectivity index (χ4v) is 3.48. The van der Waals surface area contributed by atoms with Crippen molar-refractivity contribution in [1.82, 2.24) is 4.98 Å². The van der Waals surface area contributed by atoms with Gasteiger partial charge >= 0.3 is 0 Å². The highest BCUT2D eigenvalue weighted by Crippen LogP contribution is 2.38. The number of nitrogens with zero attached hydrogens (tertiary/aromatic N) is 1. The summed E-state index contributed by atoms with van der Waals surface area (Å²) in [4.78, 5) is 4.76. The van der Waals surface area contributed by atoms with E-state index in [2.05, 4.69) is 5.38 Å². The van der Waals surface area contributed by atoms with Crippen LogP contribution in [0.4, 0.5) is 0 Å². The summed E-state index contributed by atoms with van der Waals surface area (Å²) in [5, 5.41) is 3.52. The van der Waals surface area contributed by atoms with Crippen LogP contribution in [0.15, 0.2) is 5.38 Å². The zero-order valence-electron chi connectivity index (χ0n) is 9.04. The highest BCUT2D eigenvalue weighted by atomic mass is 32.1. The van der Waals surface area contributed by atoms with Gasteiger partial charge in [0.1, 0.15) is 0 Å². The fraction of sp³-hybridized carbons (Fsp3) is 0.750. The van der Waals surface area contributed by atoms with Gasteiger partial charge in [0.2, 0.25) is 0 Å². The van der Waals surface area contributed by atoms with Crippen molar-refractivity contribution in [2.24, 2.45) is 5.73 Å². The highest BCUT2D eigenvalue weighted by molar-refractivity contribution is 7.09. The van der Waals surface area contributed by atoms with Gasteiger partial charge in [0.15, 0.2) is 0 Å². The normalized spacial score (nSPS) is 24.6. The number of hydrogen-bond donors (Lipinski definition) is 1. The molecule has 82 valence electrons. The standard InChI is InChI=1S/C12H18N2S/c13-12(5-6-12)7-11-14-10(8-15-11)9-3-1-2-4-9/h8-9H,1-7,13H2. The summed E-state index contributed by atoms with van der Waals surface area (Å²) < 4.78 is 0. The van der Waals surface area contributed by atoms with E-state index < -0.39 is 0 Å². The number of aromatic nitrogens is 1. The molecular formula is C12H18N2S. The molecule has 3 rings (SSSR count). The molecule has 0 aliphatic heterocycles. The highest BCUT2D eigenvalue weighted by Gasteiger charge is 2.39. The van der Waals surface area contributed by atoms with Gasteiger partial charge in [-0.1, -0.05) is 12.8 Å². The Kier molecular flexibility index (Phi) is 2.33. The van der Waals surface area contributed by atoms with Crippen LogP contribution in [-0.4, -0.2) is 10.5 Å². The van der Waals surface area contributed by atoms with Crippen molar-refractivity contribution in [3.05, 3.63) is 16.1 Å². The van der Waals surface area contributed by atoms with Crippen molar-refractivity contribution in [1.29, 1.82) is 0 Å². The molecule has 0 spiro atoms. The Bertz CT molecular complexity index is 348. The Hall–Kier alpha value is -0.410. The van der Waals surface area contributed by atoms with E-state index >= 15 is 0 Å². The molecule has 2 aliphatic carbocycles. The molecule has 0 amide bonds. The molecule has 0 aromatic carbocycles. The summed E-state index contributed by atoms with van der Waals surface area (Å²) in [5.41, 5.74) is 7.57. The van der Waals surface area contributed by atoms with E-state index in [0.29, 0.717) is 0 Å². The van der Waals surface area contributed by atoms with Gasteiger partial charge in [0, 0.05) is 23.3 Å². The minimum absolute atomic E-state index is 0.116. The van der Waals surface area contributed by atoms with Crippen LogP contribution in [-0.2, 0) is 6.42 Å². The van der Waals surface area contributed by atoms with E-state index in [0.717, 1.165) is 12.3 Å². The number of rotatable bonds is 3. The summed E-state index contributed by atoms with van der Waals surface area (Å²) in [6.07, 6.45) is 8.84. The number of hydrogen-bond acceptors (Lipinski definition) is 3. The third-order valence-corrected chi connectivity index (χ3v) is 4.61. The first-order valence-electron chi connectivity index (χ1n) is 5.98. The van der Waals surface area contributed by atoms with Crippen molar-refractivity contribution in [2.45, 2.75) is 56.4 Å². The molecular weight excluding hydrogens is 204 g/mol. The molecule has 0 unspecified atom stereocenters. The van der Waals surface area contributed by atoms with Gasteiger partial charge in [-0.15, -0.1) is 11.3 Å². The lowest BCUT2D eigenvalue weighted by molar-refractivity contribution is 0.656. The van der Waals surface area contributed by atoms with Crippen LogP contribution in [0.25, 0.3) is 0 Å². The zero-order valence-corrected chi connectivity index (χ0v) is 9.85. The third kappa shape index (κ3) is 2.08. The van der Waals surface area contributed by atoms with Gasteiger partial charge < -0.3 is 5.73 Å². The molecule has 0 radical (unpaired) electrons. The van der Waals surface area contributed by atoms with Crippen molar-refractivity contribution in [2.75, 3.05) is 0 Å². The number of thiazole rings is 1. The molecule has 1 heterocycles. The van der Waals surface area contributed by atoms with Gasteiger partial charge in [-0.05, 0) is 25.7 Å². The maximum atomic E-state index is 6.11. The van der Waals surface area contributed by atoms with Crippen molar-refractivity contribution in [3.8, 4) is 0 Å². The molecule has 0 saturated heterocycles. The molecule has 3 heteroatoms. The predicted octanol–water partition coefficient (Wildman–Crippen LogP) is 2.83. The molecule has 2 nitrogen and oxygen atoms in total. The molecule has 1 aromatic heterocycles. The zero-order chi connectivity index (χ0) is 10.3. The maximum Gasteiger partial charge on any atom is 0.0946 e. The second kappa shape index (κ2) is 3.56. The van der Waals surface area contributed by atoms with Gasteiger partial charge in [0.05, 0.1) is 10.7 Å². The molecule has 0 bridgehead atoms. The van der Waals surface area contributed by atoms with Crippen LogP contribution in [0.5, 0.6) is 0 Å². The second-order valence-electron chi connectivity index (χ2n) is 5.19. The Morgan fingerprint density at radius 3 is 2.80 bits per heavy atom. The minimum Gasteiger partial charge on any atom is -0.325 e. The van der Waals surface area contributed by atoms with Crippen LogP contribution in [0.3, 0.4) is 0 Å². The molecule has 2 aliphatic rings. The molecule has 15 heavy (non-hydrogen) atoms. The van der Waals surface area contributed by atoms with E-state index in [1.807, 2.05) is 11.3 Å². The molecule has 2 fully saturated rings. The first-order valence-corrected chi connectivity index (χ1v) is 6.86. The molecule has 2 saturated carbocycles. The lowest BCUT2D eigenvalue weighted by Gasteiger charge is -2.05. The SMILES string of the molecule is NC1(Cc2nc(C3CCCC3)cs2)CC1. The fourth-order valence-electron chi connectivity index (χ4n) is 2.45. The molecule has 0 atom stereocenters. The van der Waals surface area contributed by atoms with Gasteiger partial charge in [0.25, 0.3) is 0 Å². The summed E-state index contributed by atoms with van der Waals surface area (Å²) >= 11 is 1.81. The smallest absolute Gasteiger partial charge is 0.0946 e. The second-order valence-corrected chi connectivity index (χ2v) is 6.13. The quantitative estimate of drug-likeness (QED) is 0.854. The van der Waals surface area contributed by atoms with E-state index in [9.17, 15) is 0 Å². The maximum absolute atomic E-state index is 6.11. The monoisotopic (exact) mass is 222 g/mol. The van der Waals surface area contributed by atoms with Crippen molar-refractivity contribution >= 4 is 11.3 Å². The van der Waals surface area contributed by atoms with Gasteiger partial charge in [-0.25, -0.2) is 4.98 Å². The third-order valence-electron chi connectivity index (χ3n) is 3.74. The van der Waals surface area contributed by atoms with Crippen LogP contribution >= 0.6 is 11.3 Å². The Balaban J connectivity index is 1.69. The number of nitrogens with two attached hydrogens (primary N) is 1. The molecule has 1 aromatic rings. The van der Waals surface area contributed by atoms with Gasteiger partial charge in [-0.3, -0.25) is 0 Å². The minimum atomic E-state index is 0.116. The average Bonchev–Trinajstić information content (AvgIpc) is 2.73. The van der Waals surface area contributed by atoms with Crippen LogP contribution < -0.4 is 5.73 Å². The first-order chi connectivity index (χ1) is 7.25. The topological polar surface area (TPSA) is 38.9 Å². The average molecular weight is 222 g/mol. The van der Waals surface area contributed by atoms with E-state index in [-0.39, 0.29) is 5.54 Å². The summed E-state index contributed by atoms with van der Waals surface area (Å²) in [6, 6.07) is 0. The lowest BCUT2D eigenvalue weighted by atomic mass is 10.1. The van der Waals surface area contributed by atoms with E-state index in [1.165, 1.54) is 49.2 Å². The summed E-state index contributed by atoms with van der Waals surface area (Å²) in [7, 11) is 0. The molecule has 2 N–H and O–H groups in total. The predicted molar refractivity (Wildman–Crippen MR) is 63.2 cm³/mol. The van der Waals surface area contributed by atoms with Crippen molar-refractivity contribution < 1.29 is 0 Å². The summed E-state index contributed by atoms with van der Waals surface area (Å²) in [5.74, 6) is 0.753. The first kappa shape index (κ1) is 9.79. The lowest BCUT2D eigenvalue weighted by Crippen LogP contribution is -2.24. The largest absolute Gasteiger partial charge is 0.325 e. The summed E-state index contributed by atoms with van der Waals surface area (Å²) in [6.45, 7) is 0. The Morgan fingerprint density at radius 2 is 2.13 bits per heavy atom.